The van der Waals surface area contributed by atoms with Crippen molar-refractivity contribution in [3.8, 4) is 0 Å². The Balaban J connectivity index is 2.14. The van der Waals surface area contributed by atoms with Crippen LogP contribution in [0.2, 0.25) is 0 Å². The Morgan fingerprint density at radius 2 is 2.05 bits per heavy atom. The number of carboxylic acid groups (broad SMARTS) is 1. The van der Waals surface area contributed by atoms with Crippen molar-refractivity contribution in [2.24, 2.45) is 11.8 Å². The van der Waals surface area contributed by atoms with E-state index in [4.69, 9.17) is 0 Å². The van der Waals surface area contributed by atoms with Crippen molar-refractivity contribution in [2.75, 3.05) is 5.32 Å². The molecule has 0 heterocycles. The Morgan fingerprint density at radius 1 is 1.40 bits per heavy atom. The normalized spacial score (nSPS) is 26.5. The van der Waals surface area contributed by atoms with Crippen LogP contribution < -0.4 is 5.32 Å². The molecule has 1 aromatic rings. The molecule has 110 valence electrons. The van der Waals surface area contributed by atoms with Crippen LogP contribution in [0.25, 0.3) is 0 Å². The molecule has 4 heteroatoms. The second-order valence-electron chi connectivity index (χ2n) is 6.10. The fourth-order valence-corrected chi connectivity index (χ4v) is 3.43. The van der Waals surface area contributed by atoms with E-state index < -0.39 is 11.5 Å². The highest BCUT2D eigenvalue weighted by molar-refractivity contribution is 9.10. The van der Waals surface area contributed by atoms with Gasteiger partial charge in [0.25, 0.3) is 0 Å². The predicted molar refractivity (Wildman–Crippen MR) is 84.9 cm³/mol. The summed E-state index contributed by atoms with van der Waals surface area (Å²) in [5, 5.41) is 12.9. The molecule has 2 N–H and O–H groups in total. The number of anilines is 1. The topological polar surface area (TPSA) is 49.3 Å². The van der Waals surface area contributed by atoms with E-state index in [-0.39, 0.29) is 0 Å². The second-order valence-corrected chi connectivity index (χ2v) is 7.02. The van der Waals surface area contributed by atoms with Crippen LogP contribution in [0.4, 0.5) is 5.69 Å². The summed E-state index contributed by atoms with van der Waals surface area (Å²) in [6, 6.07) is 7.71. The standard InChI is InChI=1S/C16H22BrNO2/c1-11(2)12-6-8-16(9-7-12,15(19)20)18-14-5-3-4-13(17)10-14/h3-5,10-12,18H,6-9H2,1-2H3,(H,19,20). The van der Waals surface area contributed by atoms with Gasteiger partial charge in [-0.1, -0.05) is 35.8 Å². The monoisotopic (exact) mass is 339 g/mol. The van der Waals surface area contributed by atoms with Crippen LogP contribution >= 0.6 is 15.9 Å². The van der Waals surface area contributed by atoms with Gasteiger partial charge in [-0.05, 0) is 55.7 Å². The lowest BCUT2D eigenvalue weighted by molar-refractivity contribution is -0.144. The minimum atomic E-state index is -0.813. The third kappa shape index (κ3) is 3.35. The average Bonchev–Trinajstić information content (AvgIpc) is 2.39. The zero-order chi connectivity index (χ0) is 14.8. The third-order valence-corrected chi connectivity index (χ3v) is 4.94. The molecule has 0 unspecified atom stereocenters. The summed E-state index contributed by atoms with van der Waals surface area (Å²) in [5.41, 5.74) is 0.0522. The molecule has 0 saturated heterocycles. The highest BCUT2D eigenvalue weighted by Gasteiger charge is 2.42. The Hall–Kier alpha value is -1.03. The minimum Gasteiger partial charge on any atom is -0.480 e. The van der Waals surface area contributed by atoms with E-state index in [0.29, 0.717) is 24.7 Å². The van der Waals surface area contributed by atoms with Gasteiger partial charge in [-0.25, -0.2) is 4.79 Å². The van der Waals surface area contributed by atoms with Gasteiger partial charge in [0, 0.05) is 10.2 Å². The summed E-state index contributed by atoms with van der Waals surface area (Å²) in [5.74, 6) is 0.541. The van der Waals surface area contributed by atoms with Gasteiger partial charge < -0.3 is 10.4 Å². The highest BCUT2D eigenvalue weighted by atomic mass is 79.9. The zero-order valence-corrected chi connectivity index (χ0v) is 13.6. The molecule has 20 heavy (non-hydrogen) atoms. The van der Waals surface area contributed by atoms with E-state index in [9.17, 15) is 9.90 Å². The van der Waals surface area contributed by atoms with Gasteiger partial charge >= 0.3 is 5.97 Å². The van der Waals surface area contributed by atoms with Gasteiger partial charge in [-0.15, -0.1) is 0 Å². The van der Waals surface area contributed by atoms with Crippen molar-refractivity contribution in [2.45, 2.75) is 45.1 Å². The molecule has 3 nitrogen and oxygen atoms in total. The molecule has 2 rings (SSSR count). The first-order valence-electron chi connectivity index (χ1n) is 7.20. The first kappa shape index (κ1) is 15.4. The number of aliphatic carboxylic acids is 1. The summed E-state index contributed by atoms with van der Waals surface area (Å²) in [4.78, 5) is 11.8. The average molecular weight is 340 g/mol. The van der Waals surface area contributed by atoms with Gasteiger partial charge in [-0.3, -0.25) is 0 Å². The van der Waals surface area contributed by atoms with Crippen molar-refractivity contribution in [1.29, 1.82) is 0 Å². The molecule has 1 aromatic carbocycles. The number of hydrogen-bond donors (Lipinski definition) is 2. The molecule has 1 aliphatic carbocycles. The number of benzene rings is 1. The SMILES string of the molecule is CC(C)C1CCC(Nc2cccc(Br)c2)(C(=O)O)CC1. The first-order chi connectivity index (χ1) is 9.43. The Labute approximate surface area is 128 Å². The maximum absolute atomic E-state index is 11.8. The van der Waals surface area contributed by atoms with Gasteiger partial charge in [0.05, 0.1) is 0 Å². The van der Waals surface area contributed by atoms with E-state index in [1.54, 1.807) is 0 Å². The molecule has 0 amide bonds. The van der Waals surface area contributed by atoms with Crippen LogP contribution in [0.15, 0.2) is 28.7 Å². The lowest BCUT2D eigenvalue weighted by Crippen LogP contribution is -2.49. The number of hydrogen-bond acceptors (Lipinski definition) is 2. The maximum atomic E-state index is 11.8. The molecular weight excluding hydrogens is 318 g/mol. The first-order valence-corrected chi connectivity index (χ1v) is 7.99. The number of nitrogens with one attached hydrogen (secondary N) is 1. The van der Waals surface area contributed by atoms with Gasteiger partial charge in [0.2, 0.25) is 0 Å². The number of carboxylic acids is 1. The molecule has 0 aliphatic heterocycles. The molecule has 1 aliphatic rings. The van der Waals surface area contributed by atoms with Crippen LogP contribution in [-0.2, 0) is 4.79 Å². The summed E-state index contributed by atoms with van der Waals surface area (Å²) in [6.45, 7) is 4.44. The Kier molecular flexibility index (Phi) is 4.74. The van der Waals surface area contributed by atoms with Gasteiger partial charge in [0.15, 0.2) is 0 Å². The zero-order valence-electron chi connectivity index (χ0n) is 12.0. The van der Waals surface area contributed by atoms with Gasteiger partial charge in [-0.2, -0.15) is 0 Å². The number of rotatable bonds is 4. The van der Waals surface area contributed by atoms with Gasteiger partial charge in [0.1, 0.15) is 5.54 Å². The molecule has 0 bridgehead atoms. The van der Waals surface area contributed by atoms with E-state index in [2.05, 4.69) is 35.1 Å². The van der Waals surface area contributed by atoms with E-state index in [1.165, 1.54) is 0 Å². The molecule has 0 radical (unpaired) electrons. The number of carbonyl (C=O) groups is 1. The van der Waals surface area contributed by atoms with Crippen molar-refractivity contribution < 1.29 is 9.90 Å². The minimum absolute atomic E-state index is 0.632. The second kappa shape index (κ2) is 6.17. The van der Waals surface area contributed by atoms with E-state index >= 15 is 0 Å². The quantitative estimate of drug-likeness (QED) is 0.847. The Bertz CT molecular complexity index is 479. The summed E-state index contributed by atoms with van der Waals surface area (Å²) >= 11 is 3.42. The third-order valence-electron chi connectivity index (χ3n) is 4.44. The van der Waals surface area contributed by atoms with Crippen molar-refractivity contribution in [1.82, 2.24) is 0 Å². The smallest absolute Gasteiger partial charge is 0.329 e. The fraction of sp³-hybridized carbons (Fsp3) is 0.562. The number of halogens is 1. The fourth-order valence-electron chi connectivity index (χ4n) is 3.03. The molecular formula is C16H22BrNO2. The van der Waals surface area contributed by atoms with Crippen LogP contribution in [0.1, 0.15) is 39.5 Å². The van der Waals surface area contributed by atoms with Crippen LogP contribution in [0.5, 0.6) is 0 Å². The lowest BCUT2D eigenvalue weighted by Gasteiger charge is -2.39. The van der Waals surface area contributed by atoms with E-state index in [0.717, 1.165) is 23.0 Å². The summed E-state index contributed by atoms with van der Waals surface area (Å²) in [7, 11) is 0. The largest absolute Gasteiger partial charge is 0.480 e. The molecule has 1 fully saturated rings. The molecule has 1 saturated carbocycles. The summed E-state index contributed by atoms with van der Waals surface area (Å²) < 4.78 is 0.957. The van der Waals surface area contributed by atoms with Crippen molar-refractivity contribution >= 4 is 27.6 Å². The van der Waals surface area contributed by atoms with Crippen LogP contribution in [-0.4, -0.2) is 16.6 Å². The van der Waals surface area contributed by atoms with Crippen molar-refractivity contribution in [3.63, 3.8) is 0 Å². The maximum Gasteiger partial charge on any atom is 0.329 e. The lowest BCUT2D eigenvalue weighted by atomic mass is 9.72. The van der Waals surface area contributed by atoms with Crippen LogP contribution in [0, 0.1) is 11.8 Å². The molecule has 0 spiro atoms. The molecule has 0 atom stereocenters. The summed E-state index contributed by atoms with van der Waals surface area (Å²) in [6.07, 6.45) is 3.34. The van der Waals surface area contributed by atoms with Crippen LogP contribution in [0.3, 0.4) is 0 Å². The Morgan fingerprint density at radius 3 is 2.55 bits per heavy atom. The van der Waals surface area contributed by atoms with Crippen molar-refractivity contribution in [3.05, 3.63) is 28.7 Å². The highest BCUT2D eigenvalue weighted by Crippen LogP contribution is 2.38. The molecule has 0 aromatic heterocycles. The van der Waals surface area contributed by atoms with E-state index in [1.807, 2.05) is 24.3 Å². The predicted octanol–water partition coefficient (Wildman–Crippen LogP) is 4.53.